The van der Waals surface area contributed by atoms with Crippen LogP contribution in [-0.4, -0.2) is 63.2 Å². The first-order valence-electron chi connectivity index (χ1n) is 9.22. The molecule has 1 unspecified atom stereocenters. The van der Waals surface area contributed by atoms with Gasteiger partial charge in [-0.1, -0.05) is 17.7 Å². The number of hydrogen-bond acceptors (Lipinski definition) is 3. The molecule has 0 bridgehead atoms. The van der Waals surface area contributed by atoms with Gasteiger partial charge in [0.2, 0.25) is 0 Å². The van der Waals surface area contributed by atoms with Gasteiger partial charge in [-0.15, -0.1) is 0 Å². The predicted molar refractivity (Wildman–Crippen MR) is 99.4 cm³/mol. The van der Waals surface area contributed by atoms with Crippen LogP contribution in [0.5, 0.6) is 0 Å². The second-order valence-electron chi connectivity index (χ2n) is 7.94. The lowest BCUT2D eigenvalue weighted by atomic mass is 9.94. The number of aryl methyl sites for hydroxylation is 1. The predicted octanol–water partition coefficient (Wildman–Crippen LogP) is 3.02. The number of anilines is 1. The van der Waals surface area contributed by atoms with Crippen molar-refractivity contribution in [3.05, 3.63) is 29.3 Å². The summed E-state index contributed by atoms with van der Waals surface area (Å²) in [5, 5.41) is 0. The van der Waals surface area contributed by atoms with Crippen molar-refractivity contribution in [2.75, 3.05) is 52.2 Å². The summed E-state index contributed by atoms with van der Waals surface area (Å²) >= 11 is 0. The molecule has 0 aromatic heterocycles. The first-order valence-corrected chi connectivity index (χ1v) is 9.22. The number of likely N-dealkylation sites (tertiary alicyclic amines) is 1. The van der Waals surface area contributed by atoms with E-state index in [1.807, 2.05) is 0 Å². The van der Waals surface area contributed by atoms with E-state index in [2.05, 4.69) is 61.0 Å². The Hall–Kier alpha value is -1.06. The van der Waals surface area contributed by atoms with E-state index in [0.29, 0.717) is 0 Å². The van der Waals surface area contributed by atoms with Crippen LogP contribution in [0.1, 0.15) is 30.4 Å². The van der Waals surface area contributed by atoms with Crippen molar-refractivity contribution in [2.45, 2.75) is 38.6 Å². The molecule has 1 atom stereocenters. The fourth-order valence-corrected chi connectivity index (χ4v) is 4.31. The van der Waals surface area contributed by atoms with E-state index in [1.165, 1.54) is 63.1 Å². The standard InChI is InChI=1S/C20H33N3/c1-16-5-6-20(23-11-8-19(9-12-23)21(2)3)18(13-16)14-17-7-10-22(4)15-17/h5-6,13,17,19H,7-12,14-15H2,1-4H3. The zero-order valence-electron chi connectivity index (χ0n) is 15.4. The minimum atomic E-state index is 0.753. The molecule has 23 heavy (non-hydrogen) atoms. The molecule has 3 rings (SSSR count). The van der Waals surface area contributed by atoms with Crippen LogP contribution in [0.15, 0.2) is 18.2 Å². The Balaban J connectivity index is 1.72. The molecular weight excluding hydrogens is 282 g/mol. The highest BCUT2D eigenvalue weighted by atomic mass is 15.2. The van der Waals surface area contributed by atoms with Gasteiger partial charge in [0.1, 0.15) is 0 Å². The van der Waals surface area contributed by atoms with Gasteiger partial charge in [-0.2, -0.15) is 0 Å². The number of nitrogens with zero attached hydrogens (tertiary/aromatic N) is 3. The SMILES string of the molecule is Cc1ccc(N2CCC(N(C)C)CC2)c(CC2CCN(C)C2)c1. The van der Waals surface area contributed by atoms with Crippen molar-refractivity contribution in [1.29, 1.82) is 0 Å². The van der Waals surface area contributed by atoms with Gasteiger partial charge in [0.05, 0.1) is 0 Å². The van der Waals surface area contributed by atoms with Gasteiger partial charge in [0.15, 0.2) is 0 Å². The lowest BCUT2D eigenvalue weighted by molar-refractivity contribution is 0.249. The maximum atomic E-state index is 2.63. The molecule has 2 aliphatic rings. The van der Waals surface area contributed by atoms with Crippen molar-refractivity contribution in [1.82, 2.24) is 9.80 Å². The van der Waals surface area contributed by atoms with Crippen LogP contribution >= 0.6 is 0 Å². The van der Waals surface area contributed by atoms with Crippen LogP contribution < -0.4 is 4.90 Å². The summed E-state index contributed by atoms with van der Waals surface area (Å²) in [6, 6.07) is 7.85. The van der Waals surface area contributed by atoms with E-state index in [0.717, 1.165) is 12.0 Å². The molecular formula is C20H33N3. The van der Waals surface area contributed by atoms with Gasteiger partial charge in [-0.25, -0.2) is 0 Å². The van der Waals surface area contributed by atoms with Crippen molar-refractivity contribution in [3.63, 3.8) is 0 Å². The summed E-state index contributed by atoms with van der Waals surface area (Å²) in [5.74, 6) is 0.833. The number of piperidine rings is 1. The van der Waals surface area contributed by atoms with Crippen molar-refractivity contribution >= 4 is 5.69 Å². The number of benzene rings is 1. The summed E-state index contributed by atoms with van der Waals surface area (Å²) < 4.78 is 0. The van der Waals surface area contributed by atoms with Crippen molar-refractivity contribution in [3.8, 4) is 0 Å². The minimum absolute atomic E-state index is 0.753. The lowest BCUT2D eigenvalue weighted by Crippen LogP contribution is -2.42. The summed E-state index contributed by atoms with van der Waals surface area (Å²) in [5.41, 5.74) is 4.48. The van der Waals surface area contributed by atoms with Crippen molar-refractivity contribution < 1.29 is 0 Å². The molecule has 0 spiro atoms. The summed E-state index contributed by atoms with van der Waals surface area (Å²) in [6.07, 6.45) is 5.17. The zero-order valence-corrected chi connectivity index (χ0v) is 15.4. The fourth-order valence-electron chi connectivity index (χ4n) is 4.31. The summed E-state index contributed by atoms with van der Waals surface area (Å²) in [6.45, 7) is 7.15. The highest BCUT2D eigenvalue weighted by Crippen LogP contribution is 2.30. The Kier molecular flexibility index (Phi) is 5.27. The molecule has 3 heteroatoms. The number of rotatable bonds is 4. The first kappa shape index (κ1) is 16.8. The van der Waals surface area contributed by atoms with Gasteiger partial charge in [0, 0.05) is 31.4 Å². The van der Waals surface area contributed by atoms with Gasteiger partial charge in [0.25, 0.3) is 0 Å². The van der Waals surface area contributed by atoms with Crippen LogP contribution in [0.3, 0.4) is 0 Å². The summed E-state index contributed by atoms with van der Waals surface area (Å²) in [7, 11) is 6.69. The van der Waals surface area contributed by atoms with Gasteiger partial charge in [-0.05, 0) is 77.8 Å². The Morgan fingerprint density at radius 2 is 1.83 bits per heavy atom. The largest absolute Gasteiger partial charge is 0.371 e. The molecule has 0 radical (unpaired) electrons. The quantitative estimate of drug-likeness (QED) is 0.845. The van der Waals surface area contributed by atoms with E-state index >= 15 is 0 Å². The maximum absolute atomic E-state index is 2.63. The minimum Gasteiger partial charge on any atom is -0.371 e. The van der Waals surface area contributed by atoms with Crippen molar-refractivity contribution in [2.24, 2.45) is 5.92 Å². The lowest BCUT2D eigenvalue weighted by Gasteiger charge is -2.37. The molecule has 2 fully saturated rings. The van der Waals surface area contributed by atoms with E-state index < -0.39 is 0 Å². The fraction of sp³-hybridized carbons (Fsp3) is 0.700. The van der Waals surface area contributed by atoms with Crippen LogP contribution in [0.25, 0.3) is 0 Å². The third kappa shape index (κ3) is 4.07. The molecule has 3 nitrogen and oxygen atoms in total. The smallest absolute Gasteiger partial charge is 0.0399 e. The Morgan fingerprint density at radius 3 is 2.43 bits per heavy atom. The third-order valence-electron chi connectivity index (χ3n) is 5.77. The molecule has 1 aromatic carbocycles. The molecule has 2 aliphatic heterocycles. The van der Waals surface area contributed by atoms with E-state index in [9.17, 15) is 0 Å². The second-order valence-corrected chi connectivity index (χ2v) is 7.94. The average Bonchev–Trinajstić information content (AvgIpc) is 2.93. The molecule has 0 saturated carbocycles. The van der Waals surface area contributed by atoms with Crippen LogP contribution in [0.4, 0.5) is 5.69 Å². The van der Waals surface area contributed by atoms with E-state index in [-0.39, 0.29) is 0 Å². The topological polar surface area (TPSA) is 9.72 Å². The maximum Gasteiger partial charge on any atom is 0.0399 e. The molecule has 1 aromatic rings. The second kappa shape index (κ2) is 7.23. The third-order valence-corrected chi connectivity index (χ3v) is 5.77. The monoisotopic (exact) mass is 315 g/mol. The Labute approximate surface area is 142 Å². The normalized spacial score (nSPS) is 23.9. The average molecular weight is 316 g/mol. The molecule has 2 saturated heterocycles. The molecule has 128 valence electrons. The van der Waals surface area contributed by atoms with Crippen LogP contribution in [0, 0.1) is 12.8 Å². The van der Waals surface area contributed by atoms with Crippen LogP contribution in [0.2, 0.25) is 0 Å². The highest BCUT2D eigenvalue weighted by molar-refractivity contribution is 5.55. The van der Waals surface area contributed by atoms with E-state index in [4.69, 9.17) is 0 Å². The van der Waals surface area contributed by atoms with Gasteiger partial charge >= 0.3 is 0 Å². The summed E-state index contributed by atoms with van der Waals surface area (Å²) in [4.78, 5) is 7.50. The van der Waals surface area contributed by atoms with Crippen LogP contribution in [-0.2, 0) is 6.42 Å². The molecule has 0 aliphatic carbocycles. The highest BCUT2D eigenvalue weighted by Gasteiger charge is 2.25. The van der Waals surface area contributed by atoms with Gasteiger partial charge < -0.3 is 14.7 Å². The Bertz CT molecular complexity index is 518. The van der Waals surface area contributed by atoms with Gasteiger partial charge in [-0.3, -0.25) is 0 Å². The molecule has 2 heterocycles. The zero-order chi connectivity index (χ0) is 16.4. The first-order chi connectivity index (χ1) is 11.0. The molecule has 0 amide bonds. The number of hydrogen-bond donors (Lipinski definition) is 0. The molecule has 0 N–H and O–H groups in total. The van der Waals surface area contributed by atoms with E-state index in [1.54, 1.807) is 5.56 Å². The Morgan fingerprint density at radius 1 is 1.09 bits per heavy atom.